The van der Waals surface area contributed by atoms with Crippen molar-refractivity contribution in [1.82, 2.24) is 15.5 Å². The lowest BCUT2D eigenvalue weighted by atomic mass is 9.98. The predicted octanol–water partition coefficient (Wildman–Crippen LogP) is 3.07. The Morgan fingerprint density at radius 3 is 3.08 bits per heavy atom. The molecule has 0 spiro atoms. The first-order valence-corrected chi connectivity index (χ1v) is 8.20. The van der Waals surface area contributed by atoms with Gasteiger partial charge in [0.25, 0.3) is 0 Å². The lowest BCUT2D eigenvalue weighted by molar-refractivity contribution is -0.116. The van der Waals surface area contributed by atoms with Crippen molar-refractivity contribution in [2.24, 2.45) is 0 Å². The van der Waals surface area contributed by atoms with Gasteiger partial charge in [0.2, 0.25) is 17.6 Å². The van der Waals surface area contributed by atoms with Crippen LogP contribution in [0.2, 0.25) is 0 Å². The van der Waals surface area contributed by atoms with Crippen LogP contribution in [-0.4, -0.2) is 16.0 Å². The van der Waals surface area contributed by atoms with E-state index in [1.807, 2.05) is 12.1 Å². The number of carbonyl (C=O) groups excluding carboxylic acids is 1. The Balaban J connectivity index is 1.41. The van der Waals surface area contributed by atoms with Crippen LogP contribution in [0.1, 0.15) is 36.4 Å². The number of rotatable bonds is 5. The van der Waals surface area contributed by atoms with Crippen LogP contribution in [0.3, 0.4) is 0 Å². The van der Waals surface area contributed by atoms with Crippen molar-refractivity contribution in [3.05, 3.63) is 53.8 Å². The number of benzene rings is 1. The number of aromatic nitrogens is 2. The van der Waals surface area contributed by atoms with Gasteiger partial charge in [0.1, 0.15) is 6.26 Å². The molecule has 1 aromatic carbocycles. The van der Waals surface area contributed by atoms with Gasteiger partial charge < -0.3 is 19.6 Å². The molecular weight excluding hydrogens is 320 g/mol. The van der Waals surface area contributed by atoms with Gasteiger partial charge in [0, 0.05) is 18.2 Å². The maximum absolute atomic E-state index is 11.4. The van der Waals surface area contributed by atoms with Crippen LogP contribution in [0.4, 0.5) is 5.69 Å². The number of furan rings is 1. The summed E-state index contributed by atoms with van der Waals surface area (Å²) in [4.78, 5) is 15.8. The minimum absolute atomic E-state index is 0.0799. The van der Waals surface area contributed by atoms with Crippen molar-refractivity contribution >= 4 is 11.6 Å². The lowest BCUT2D eigenvalue weighted by Gasteiger charge is -2.20. The average Bonchev–Trinajstić information content (AvgIpc) is 3.30. The standard InChI is InChI=1S/C18H18N4O3/c1-11(12-2-4-15-13(8-12)3-5-16(23)20-15)19-9-17-21-18(22-25-17)14-6-7-24-10-14/h2,4,6-8,10-11,19H,3,5,9H2,1H3,(H,20,23). The van der Waals surface area contributed by atoms with Crippen molar-refractivity contribution in [3.63, 3.8) is 0 Å². The Kier molecular flexibility index (Phi) is 4.07. The van der Waals surface area contributed by atoms with Gasteiger partial charge >= 0.3 is 0 Å². The van der Waals surface area contributed by atoms with E-state index in [0.717, 1.165) is 23.2 Å². The Bertz CT molecular complexity index is 886. The van der Waals surface area contributed by atoms with E-state index in [2.05, 4.69) is 33.8 Å². The smallest absolute Gasteiger partial charge is 0.240 e. The van der Waals surface area contributed by atoms with E-state index in [1.165, 1.54) is 5.56 Å². The van der Waals surface area contributed by atoms with Gasteiger partial charge in [0.05, 0.1) is 18.4 Å². The van der Waals surface area contributed by atoms with Gasteiger partial charge in [-0.3, -0.25) is 4.79 Å². The molecule has 2 N–H and O–H groups in total. The maximum Gasteiger partial charge on any atom is 0.240 e. The number of nitrogens with one attached hydrogen (secondary N) is 2. The van der Waals surface area contributed by atoms with E-state index in [-0.39, 0.29) is 11.9 Å². The van der Waals surface area contributed by atoms with Crippen LogP contribution in [0.15, 0.2) is 45.7 Å². The summed E-state index contributed by atoms with van der Waals surface area (Å²) < 4.78 is 10.3. The molecule has 1 aliphatic rings. The second-order valence-electron chi connectivity index (χ2n) is 6.09. The predicted molar refractivity (Wildman–Crippen MR) is 90.6 cm³/mol. The molecule has 0 aliphatic carbocycles. The fraction of sp³-hybridized carbons (Fsp3) is 0.278. The second kappa shape index (κ2) is 6.52. The molecule has 4 rings (SSSR count). The third-order valence-corrected chi connectivity index (χ3v) is 4.33. The summed E-state index contributed by atoms with van der Waals surface area (Å²) in [5, 5.41) is 10.2. The van der Waals surface area contributed by atoms with Crippen LogP contribution in [-0.2, 0) is 17.8 Å². The summed E-state index contributed by atoms with van der Waals surface area (Å²) in [7, 11) is 0. The Morgan fingerprint density at radius 2 is 2.24 bits per heavy atom. The van der Waals surface area contributed by atoms with Crippen LogP contribution < -0.4 is 10.6 Å². The minimum atomic E-state index is 0.0799. The van der Waals surface area contributed by atoms with E-state index < -0.39 is 0 Å². The largest absolute Gasteiger partial charge is 0.472 e. The van der Waals surface area contributed by atoms with Crippen molar-refractivity contribution < 1.29 is 13.7 Å². The van der Waals surface area contributed by atoms with Gasteiger partial charge in [-0.1, -0.05) is 17.3 Å². The zero-order valence-corrected chi connectivity index (χ0v) is 13.8. The summed E-state index contributed by atoms with van der Waals surface area (Å²) in [6.45, 7) is 2.55. The number of hydrogen-bond donors (Lipinski definition) is 2. The molecule has 2 aromatic heterocycles. The molecule has 0 saturated heterocycles. The van der Waals surface area contributed by atoms with E-state index >= 15 is 0 Å². The highest BCUT2D eigenvalue weighted by Gasteiger charge is 2.17. The molecule has 25 heavy (non-hydrogen) atoms. The third kappa shape index (κ3) is 3.32. The quantitative estimate of drug-likeness (QED) is 0.742. The van der Waals surface area contributed by atoms with Crippen molar-refractivity contribution in [3.8, 4) is 11.4 Å². The van der Waals surface area contributed by atoms with Crippen LogP contribution in [0.5, 0.6) is 0 Å². The number of nitrogens with zero attached hydrogens (tertiary/aromatic N) is 2. The van der Waals surface area contributed by atoms with Crippen molar-refractivity contribution in [2.75, 3.05) is 5.32 Å². The molecule has 0 radical (unpaired) electrons. The molecule has 7 heteroatoms. The fourth-order valence-electron chi connectivity index (χ4n) is 2.87. The van der Waals surface area contributed by atoms with Gasteiger partial charge in [-0.25, -0.2) is 0 Å². The number of aryl methyl sites for hydroxylation is 1. The molecule has 1 atom stereocenters. The average molecular weight is 338 g/mol. The minimum Gasteiger partial charge on any atom is -0.472 e. The third-order valence-electron chi connectivity index (χ3n) is 4.33. The van der Waals surface area contributed by atoms with E-state index in [9.17, 15) is 4.79 Å². The topological polar surface area (TPSA) is 93.2 Å². The summed E-state index contributed by atoms with van der Waals surface area (Å²) in [6.07, 6.45) is 4.47. The summed E-state index contributed by atoms with van der Waals surface area (Å²) in [5.41, 5.74) is 4.03. The van der Waals surface area contributed by atoms with Gasteiger partial charge in [-0.05, 0) is 36.6 Å². The summed E-state index contributed by atoms with van der Waals surface area (Å²) in [6, 6.07) is 8.02. The summed E-state index contributed by atoms with van der Waals surface area (Å²) >= 11 is 0. The molecule has 1 amide bonds. The van der Waals surface area contributed by atoms with E-state index in [0.29, 0.717) is 24.7 Å². The zero-order valence-electron chi connectivity index (χ0n) is 13.8. The molecule has 1 aliphatic heterocycles. The van der Waals surface area contributed by atoms with Crippen molar-refractivity contribution in [1.29, 1.82) is 0 Å². The number of hydrogen-bond acceptors (Lipinski definition) is 6. The van der Waals surface area contributed by atoms with Gasteiger partial charge in [0.15, 0.2) is 0 Å². The Hall–Kier alpha value is -2.93. The number of fused-ring (bicyclic) bond motifs is 1. The van der Waals surface area contributed by atoms with E-state index in [4.69, 9.17) is 8.94 Å². The lowest BCUT2D eigenvalue weighted by Crippen LogP contribution is -2.21. The molecule has 0 saturated carbocycles. The van der Waals surface area contributed by atoms with Gasteiger partial charge in [-0.15, -0.1) is 0 Å². The van der Waals surface area contributed by atoms with Gasteiger partial charge in [-0.2, -0.15) is 4.98 Å². The zero-order chi connectivity index (χ0) is 17.2. The molecule has 0 bridgehead atoms. The SMILES string of the molecule is CC(NCc1nc(-c2ccoc2)no1)c1ccc2c(c1)CCC(=O)N2. The molecule has 1 unspecified atom stereocenters. The molecular formula is C18H18N4O3. The van der Waals surface area contributed by atoms with E-state index in [1.54, 1.807) is 18.6 Å². The fourth-order valence-corrected chi connectivity index (χ4v) is 2.87. The molecule has 128 valence electrons. The number of amides is 1. The van der Waals surface area contributed by atoms with Crippen molar-refractivity contribution in [2.45, 2.75) is 32.4 Å². The first-order valence-electron chi connectivity index (χ1n) is 8.20. The highest BCUT2D eigenvalue weighted by atomic mass is 16.5. The van der Waals surface area contributed by atoms with Crippen LogP contribution >= 0.6 is 0 Å². The molecule has 0 fully saturated rings. The summed E-state index contributed by atoms with van der Waals surface area (Å²) in [5.74, 6) is 1.12. The second-order valence-corrected chi connectivity index (χ2v) is 6.09. The van der Waals surface area contributed by atoms with Crippen LogP contribution in [0, 0.1) is 0 Å². The molecule has 3 aromatic rings. The Labute approximate surface area is 144 Å². The monoisotopic (exact) mass is 338 g/mol. The normalized spacial score (nSPS) is 14.8. The van der Waals surface area contributed by atoms with Crippen LogP contribution in [0.25, 0.3) is 11.4 Å². The number of carbonyl (C=O) groups is 1. The maximum atomic E-state index is 11.4. The Morgan fingerprint density at radius 1 is 1.32 bits per heavy atom. The number of anilines is 1. The highest BCUT2D eigenvalue weighted by Crippen LogP contribution is 2.26. The first-order chi connectivity index (χ1) is 12.2. The molecule has 7 nitrogen and oxygen atoms in total. The molecule has 3 heterocycles. The highest BCUT2D eigenvalue weighted by molar-refractivity contribution is 5.93. The first kappa shape index (κ1) is 15.6.